The second-order valence-electron chi connectivity index (χ2n) is 8.51. The van der Waals surface area contributed by atoms with Gasteiger partial charge in [-0.1, -0.05) is 50.6 Å². The highest BCUT2D eigenvalue weighted by atomic mass is 32.2. The lowest BCUT2D eigenvalue weighted by Gasteiger charge is -2.28. The number of nitrogens with two attached hydrogens (primary N) is 1. The van der Waals surface area contributed by atoms with E-state index in [1.54, 1.807) is 49.0 Å². The Hall–Kier alpha value is -3.12. The maximum Gasteiger partial charge on any atom is 0.326 e. The van der Waals surface area contributed by atoms with Crippen LogP contribution in [0.4, 0.5) is 0 Å². The number of carboxylic acid groups (broad SMARTS) is 2. The normalized spacial score (nSPS) is 15.0. The molecule has 0 aromatic heterocycles. The van der Waals surface area contributed by atoms with E-state index in [1.165, 1.54) is 0 Å². The number of benzene rings is 1. The van der Waals surface area contributed by atoms with Gasteiger partial charge in [-0.3, -0.25) is 19.2 Å². The summed E-state index contributed by atoms with van der Waals surface area (Å²) in [5.41, 5.74) is 6.63. The number of hydrogen-bond acceptors (Lipinski definition) is 7. The Balaban J connectivity index is 3.13. The van der Waals surface area contributed by atoms with Gasteiger partial charge < -0.3 is 31.9 Å². The zero-order valence-electron chi connectivity index (χ0n) is 20.7. The Morgan fingerprint density at radius 1 is 0.944 bits per heavy atom. The standard InChI is InChI=1S/C24H36N4O7S/c1-4-14(2)20(28-21(31)16(25)10-11-36-3)23(33)26-17(12-15-8-6-5-7-9-15)22(32)27-18(24(34)35)13-19(29)30/h5-9,14,16-18,20H,4,10-13,25H2,1-3H3,(H,26,33)(H,27,32)(H,28,31)(H,29,30)(H,34,35). The maximum atomic E-state index is 13.3. The number of aliphatic carboxylic acids is 2. The van der Waals surface area contributed by atoms with E-state index in [9.17, 15) is 29.1 Å². The van der Waals surface area contributed by atoms with E-state index < -0.39 is 60.2 Å². The van der Waals surface area contributed by atoms with Gasteiger partial charge in [0.15, 0.2) is 0 Å². The van der Waals surface area contributed by atoms with E-state index in [0.717, 1.165) is 0 Å². The first kappa shape index (κ1) is 30.9. The maximum absolute atomic E-state index is 13.3. The van der Waals surface area contributed by atoms with Crippen LogP contribution in [0.25, 0.3) is 0 Å². The van der Waals surface area contributed by atoms with Gasteiger partial charge in [-0.15, -0.1) is 0 Å². The van der Waals surface area contributed by atoms with Gasteiger partial charge in [0.1, 0.15) is 18.1 Å². The summed E-state index contributed by atoms with van der Waals surface area (Å²) < 4.78 is 0. The van der Waals surface area contributed by atoms with Crippen LogP contribution < -0.4 is 21.7 Å². The molecule has 0 spiro atoms. The van der Waals surface area contributed by atoms with Crippen LogP contribution in [-0.2, 0) is 30.4 Å². The number of carbonyl (C=O) groups is 5. The van der Waals surface area contributed by atoms with E-state index in [1.807, 2.05) is 13.2 Å². The largest absolute Gasteiger partial charge is 0.481 e. The average Bonchev–Trinajstić information content (AvgIpc) is 2.84. The molecule has 0 bridgehead atoms. The number of carbonyl (C=O) groups excluding carboxylic acids is 3. The molecule has 0 aliphatic heterocycles. The topological polar surface area (TPSA) is 188 Å². The fraction of sp³-hybridized carbons (Fsp3) is 0.542. The summed E-state index contributed by atoms with van der Waals surface area (Å²) in [7, 11) is 0. The molecule has 1 aromatic rings. The predicted octanol–water partition coefficient (Wildman–Crippen LogP) is 0.369. The summed E-state index contributed by atoms with van der Waals surface area (Å²) in [6, 6.07) is 4.06. The highest BCUT2D eigenvalue weighted by Gasteiger charge is 2.33. The molecule has 3 amide bonds. The molecule has 1 rings (SSSR count). The number of nitrogens with one attached hydrogen (secondary N) is 3. The molecule has 0 saturated carbocycles. The summed E-state index contributed by atoms with van der Waals surface area (Å²) in [5, 5.41) is 25.8. The Morgan fingerprint density at radius 2 is 1.56 bits per heavy atom. The molecule has 7 N–H and O–H groups in total. The van der Waals surface area contributed by atoms with Crippen molar-refractivity contribution in [1.29, 1.82) is 0 Å². The van der Waals surface area contributed by atoms with Gasteiger partial charge in [0.25, 0.3) is 0 Å². The molecule has 0 saturated heterocycles. The first-order chi connectivity index (χ1) is 17.0. The van der Waals surface area contributed by atoms with Crippen molar-refractivity contribution in [3.63, 3.8) is 0 Å². The van der Waals surface area contributed by atoms with Crippen LogP contribution >= 0.6 is 11.8 Å². The number of amides is 3. The molecule has 0 fully saturated rings. The van der Waals surface area contributed by atoms with Gasteiger partial charge >= 0.3 is 11.9 Å². The lowest BCUT2D eigenvalue weighted by molar-refractivity contribution is -0.147. The third kappa shape index (κ3) is 10.6. The van der Waals surface area contributed by atoms with E-state index >= 15 is 0 Å². The zero-order chi connectivity index (χ0) is 27.3. The predicted molar refractivity (Wildman–Crippen MR) is 136 cm³/mol. The highest BCUT2D eigenvalue weighted by Crippen LogP contribution is 2.11. The second-order valence-corrected chi connectivity index (χ2v) is 9.49. The van der Waals surface area contributed by atoms with Crippen molar-refractivity contribution in [2.45, 2.75) is 63.7 Å². The number of rotatable bonds is 16. The molecule has 200 valence electrons. The lowest BCUT2D eigenvalue weighted by Crippen LogP contribution is -2.59. The average molecular weight is 525 g/mol. The molecule has 0 heterocycles. The fourth-order valence-electron chi connectivity index (χ4n) is 3.31. The number of thioether (sulfide) groups is 1. The van der Waals surface area contributed by atoms with Crippen LogP contribution in [0.15, 0.2) is 30.3 Å². The Kier molecular flexibility index (Phi) is 13.6. The summed E-state index contributed by atoms with van der Waals surface area (Å²) in [6.07, 6.45) is 2.07. The molecular formula is C24H36N4O7S. The molecule has 0 aliphatic carbocycles. The van der Waals surface area contributed by atoms with Crippen molar-refractivity contribution < 1.29 is 34.2 Å². The van der Waals surface area contributed by atoms with Gasteiger partial charge in [-0.05, 0) is 29.9 Å². The third-order valence-corrected chi connectivity index (χ3v) is 6.32. The van der Waals surface area contributed by atoms with E-state index in [-0.39, 0.29) is 12.3 Å². The van der Waals surface area contributed by atoms with Crippen LogP contribution in [0.3, 0.4) is 0 Å². The van der Waals surface area contributed by atoms with Gasteiger partial charge in [0.2, 0.25) is 17.7 Å². The van der Waals surface area contributed by atoms with Crippen LogP contribution in [0.1, 0.15) is 38.7 Å². The lowest BCUT2D eigenvalue weighted by atomic mass is 9.96. The molecule has 5 atom stereocenters. The van der Waals surface area contributed by atoms with Gasteiger partial charge in [0, 0.05) is 6.42 Å². The van der Waals surface area contributed by atoms with Gasteiger partial charge in [0.05, 0.1) is 12.5 Å². The smallest absolute Gasteiger partial charge is 0.326 e. The quantitative estimate of drug-likeness (QED) is 0.177. The molecule has 12 heteroatoms. The molecule has 11 nitrogen and oxygen atoms in total. The summed E-state index contributed by atoms with van der Waals surface area (Å²) in [6.45, 7) is 3.62. The number of hydrogen-bond donors (Lipinski definition) is 6. The minimum atomic E-state index is -1.68. The molecule has 5 unspecified atom stereocenters. The first-order valence-corrected chi connectivity index (χ1v) is 13.0. The number of carboxylic acids is 2. The minimum absolute atomic E-state index is 0.0201. The van der Waals surface area contributed by atoms with E-state index in [4.69, 9.17) is 10.8 Å². The SMILES string of the molecule is CCC(C)C(NC(=O)C(N)CCSC)C(=O)NC(Cc1ccccc1)C(=O)NC(CC(=O)O)C(=O)O. The van der Waals surface area contributed by atoms with Crippen molar-refractivity contribution in [3.05, 3.63) is 35.9 Å². The monoisotopic (exact) mass is 524 g/mol. The van der Waals surface area contributed by atoms with Crippen LogP contribution in [0.2, 0.25) is 0 Å². The van der Waals surface area contributed by atoms with E-state index in [0.29, 0.717) is 24.2 Å². The van der Waals surface area contributed by atoms with Crippen molar-refractivity contribution in [2.24, 2.45) is 11.7 Å². The fourth-order valence-corrected chi connectivity index (χ4v) is 3.80. The Labute approximate surface area is 215 Å². The van der Waals surface area contributed by atoms with Crippen LogP contribution in [0.5, 0.6) is 0 Å². The van der Waals surface area contributed by atoms with Crippen LogP contribution in [-0.4, -0.2) is 76.0 Å². The Morgan fingerprint density at radius 3 is 2.08 bits per heavy atom. The van der Waals surface area contributed by atoms with E-state index in [2.05, 4.69) is 16.0 Å². The first-order valence-electron chi connectivity index (χ1n) is 11.6. The summed E-state index contributed by atoms with van der Waals surface area (Å²) in [4.78, 5) is 61.3. The Bertz CT molecular complexity index is 900. The summed E-state index contributed by atoms with van der Waals surface area (Å²) in [5.74, 6) is -4.50. The van der Waals surface area contributed by atoms with Crippen molar-refractivity contribution >= 4 is 41.4 Å². The van der Waals surface area contributed by atoms with Crippen LogP contribution in [0, 0.1) is 5.92 Å². The highest BCUT2D eigenvalue weighted by molar-refractivity contribution is 7.98. The van der Waals surface area contributed by atoms with Crippen molar-refractivity contribution in [1.82, 2.24) is 16.0 Å². The van der Waals surface area contributed by atoms with Gasteiger partial charge in [-0.25, -0.2) is 4.79 Å². The molecule has 0 aliphatic rings. The minimum Gasteiger partial charge on any atom is -0.481 e. The van der Waals surface area contributed by atoms with Crippen molar-refractivity contribution in [3.8, 4) is 0 Å². The molecule has 36 heavy (non-hydrogen) atoms. The third-order valence-electron chi connectivity index (χ3n) is 5.67. The molecule has 0 radical (unpaired) electrons. The summed E-state index contributed by atoms with van der Waals surface area (Å²) >= 11 is 1.54. The zero-order valence-corrected chi connectivity index (χ0v) is 21.5. The van der Waals surface area contributed by atoms with Crippen molar-refractivity contribution in [2.75, 3.05) is 12.0 Å². The second kappa shape index (κ2) is 15.8. The molecule has 1 aromatic carbocycles. The van der Waals surface area contributed by atoms with Gasteiger partial charge in [-0.2, -0.15) is 11.8 Å². The molecular weight excluding hydrogens is 488 g/mol.